The van der Waals surface area contributed by atoms with Gasteiger partial charge in [-0.1, -0.05) is 12.8 Å². The highest BCUT2D eigenvalue weighted by molar-refractivity contribution is 7.89. The van der Waals surface area contributed by atoms with Crippen molar-refractivity contribution in [3.05, 3.63) is 24.2 Å². The summed E-state index contributed by atoms with van der Waals surface area (Å²) in [4.78, 5) is 24.9. The van der Waals surface area contributed by atoms with Gasteiger partial charge in [0.15, 0.2) is 0 Å². The Morgan fingerprint density at radius 1 is 1.11 bits per heavy atom. The molecule has 4 heterocycles. The van der Waals surface area contributed by atoms with Crippen molar-refractivity contribution in [2.45, 2.75) is 93.7 Å². The van der Waals surface area contributed by atoms with E-state index >= 15 is 0 Å². The minimum Gasteiger partial charge on any atom is -0.351 e. The zero-order chi connectivity index (χ0) is 24.4. The predicted octanol–water partition coefficient (Wildman–Crippen LogP) is 3.09. The molecule has 2 aliphatic heterocycles. The van der Waals surface area contributed by atoms with Crippen molar-refractivity contribution in [2.24, 2.45) is 0 Å². The third kappa shape index (κ3) is 3.74. The summed E-state index contributed by atoms with van der Waals surface area (Å²) in [5, 5.41) is 7.60. The SMILES string of the molecule is CC(C)n1cc(S(=O)(=O)N2CCC(Nc3ncc4c(n3)N(C3CCCC3)C(=O)C43CC3)CC2)cn1.[HH]. The van der Waals surface area contributed by atoms with Crippen LogP contribution in [0.3, 0.4) is 0 Å². The van der Waals surface area contributed by atoms with Crippen LogP contribution >= 0.6 is 0 Å². The molecule has 2 saturated carbocycles. The van der Waals surface area contributed by atoms with Crippen LogP contribution in [0.25, 0.3) is 0 Å². The van der Waals surface area contributed by atoms with Crippen LogP contribution in [-0.4, -0.2) is 63.6 Å². The number of carbonyl (C=O) groups excluding carboxylic acids is 1. The number of sulfonamides is 1. The average Bonchev–Trinajstić information content (AvgIpc) is 3.17. The van der Waals surface area contributed by atoms with Crippen LogP contribution in [0.15, 0.2) is 23.5 Å². The highest BCUT2D eigenvalue weighted by Gasteiger charge is 2.61. The van der Waals surface area contributed by atoms with Gasteiger partial charge < -0.3 is 5.32 Å². The number of nitrogens with zero attached hydrogens (tertiary/aromatic N) is 6. The third-order valence-corrected chi connectivity index (χ3v) is 9.96. The molecule has 10 nitrogen and oxygen atoms in total. The molecule has 2 aromatic rings. The molecular weight excluding hydrogens is 466 g/mol. The first-order valence-electron chi connectivity index (χ1n) is 12.8. The zero-order valence-corrected chi connectivity index (χ0v) is 21.2. The van der Waals surface area contributed by atoms with Crippen LogP contribution in [0, 0.1) is 0 Å². The monoisotopic (exact) mass is 501 g/mol. The lowest BCUT2D eigenvalue weighted by Gasteiger charge is -2.31. The van der Waals surface area contributed by atoms with E-state index in [4.69, 9.17) is 4.98 Å². The van der Waals surface area contributed by atoms with Gasteiger partial charge in [0.1, 0.15) is 10.7 Å². The maximum Gasteiger partial charge on any atom is 0.246 e. The average molecular weight is 502 g/mol. The van der Waals surface area contributed by atoms with Gasteiger partial charge >= 0.3 is 0 Å². The fraction of sp³-hybridized carbons (Fsp3) is 0.667. The molecule has 0 radical (unpaired) electrons. The molecule has 1 saturated heterocycles. The number of nitrogens with one attached hydrogen (secondary N) is 1. The van der Waals surface area contributed by atoms with Gasteiger partial charge in [-0.2, -0.15) is 14.4 Å². The molecule has 3 fully saturated rings. The van der Waals surface area contributed by atoms with Crippen LogP contribution in [0.2, 0.25) is 0 Å². The standard InChI is InChI=1S/C24H33N7O3S.H2/c1-16(2)30-15-19(13-26-30)35(33,34)29-11-7-17(8-12-29)27-23-25-14-20-21(28-23)31(18-5-3-4-6-18)22(32)24(20)9-10-24;/h13-18H,3-12H2,1-2H3,(H,25,27,28);1H. The van der Waals surface area contributed by atoms with Gasteiger partial charge in [-0.3, -0.25) is 14.4 Å². The van der Waals surface area contributed by atoms with Gasteiger partial charge in [0.05, 0.1) is 11.6 Å². The molecule has 1 amide bonds. The number of piperidine rings is 1. The second kappa shape index (κ2) is 8.26. The van der Waals surface area contributed by atoms with E-state index in [0.717, 1.165) is 49.9 Å². The number of anilines is 2. The maximum absolute atomic E-state index is 13.3. The number of hydrogen-bond acceptors (Lipinski definition) is 7. The summed E-state index contributed by atoms with van der Waals surface area (Å²) in [6, 6.07) is 0.429. The predicted molar refractivity (Wildman–Crippen MR) is 133 cm³/mol. The molecule has 35 heavy (non-hydrogen) atoms. The maximum atomic E-state index is 13.3. The van der Waals surface area contributed by atoms with Crippen LogP contribution in [0.4, 0.5) is 11.8 Å². The van der Waals surface area contributed by atoms with Gasteiger partial charge in [0.25, 0.3) is 0 Å². The molecule has 2 aromatic heterocycles. The lowest BCUT2D eigenvalue weighted by molar-refractivity contribution is -0.120. The van der Waals surface area contributed by atoms with Crippen LogP contribution in [0.5, 0.6) is 0 Å². The zero-order valence-electron chi connectivity index (χ0n) is 20.4. The highest BCUT2D eigenvalue weighted by Crippen LogP contribution is 2.57. The summed E-state index contributed by atoms with van der Waals surface area (Å²) in [7, 11) is -3.56. The topological polar surface area (TPSA) is 113 Å². The van der Waals surface area contributed by atoms with Crippen molar-refractivity contribution in [1.82, 2.24) is 24.1 Å². The van der Waals surface area contributed by atoms with Gasteiger partial charge in [-0.25, -0.2) is 13.4 Å². The Hall–Kier alpha value is -2.53. The van der Waals surface area contributed by atoms with Crippen molar-refractivity contribution in [3.63, 3.8) is 0 Å². The summed E-state index contributed by atoms with van der Waals surface area (Å²) in [6.45, 7) is 4.78. The molecule has 6 rings (SSSR count). The van der Waals surface area contributed by atoms with E-state index in [0.29, 0.717) is 31.9 Å². The van der Waals surface area contributed by atoms with E-state index in [1.54, 1.807) is 10.9 Å². The first kappa shape index (κ1) is 22.9. The van der Waals surface area contributed by atoms with E-state index in [2.05, 4.69) is 15.4 Å². The first-order chi connectivity index (χ1) is 16.8. The smallest absolute Gasteiger partial charge is 0.246 e. The Morgan fingerprint density at radius 2 is 1.83 bits per heavy atom. The molecule has 0 unspecified atom stereocenters. The van der Waals surface area contributed by atoms with Crippen molar-refractivity contribution in [2.75, 3.05) is 23.3 Å². The lowest BCUT2D eigenvalue weighted by Crippen LogP contribution is -2.42. The quantitative estimate of drug-likeness (QED) is 0.647. The molecule has 1 N–H and O–H groups in total. The van der Waals surface area contributed by atoms with Crippen molar-refractivity contribution >= 4 is 27.7 Å². The van der Waals surface area contributed by atoms with E-state index < -0.39 is 10.0 Å². The summed E-state index contributed by atoms with van der Waals surface area (Å²) in [6.07, 6.45) is 12.4. The molecule has 11 heteroatoms. The Bertz CT molecular complexity index is 1250. The van der Waals surface area contributed by atoms with Crippen LogP contribution in [0.1, 0.15) is 78.2 Å². The Morgan fingerprint density at radius 3 is 2.46 bits per heavy atom. The minimum absolute atomic E-state index is 0. The summed E-state index contributed by atoms with van der Waals surface area (Å²) in [5.41, 5.74) is 0.613. The van der Waals surface area contributed by atoms with Gasteiger partial charge in [-0.15, -0.1) is 0 Å². The third-order valence-electron chi connectivity index (χ3n) is 8.11. The molecule has 0 atom stereocenters. The normalized spacial score (nSPS) is 22.9. The molecule has 0 aromatic carbocycles. The largest absolute Gasteiger partial charge is 0.351 e. The molecule has 190 valence electrons. The number of carbonyl (C=O) groups is 1. The van der Waals surface area contributed by atoms with Crippen LogP contribution in [-0.2, 0) is 20.2 Å². The van der Waals surface area contributed by atoms with Crippen molar-refractivity contribution in [3.8, 4) is 0 Å². The van der Waals surface area contributed by atoms with Gasteiger partial charge in [0.2, 0.25) is 21.9 Å². The van der Waals surface area contributed by atoms with E-state index in [9.17, 15) is 13.2 Å². The van der Waals surface area contributed by atoms with Crippen molar-refractivity contribution in [1.29, 1.82) is 0 Å². The van der Waals surface area contributed by atoms with Gasteiger partial charge in [0, 0.05) is 50.6 Å². The fourth-order valence-corrected chi connectivity index (χ4v) is 7.23. The first-order valence-corrected chi connectivity index (χ1v) is 14.3. The molecule has 4 aliphatic rings. The molecular formula is C24H35N7O3S. The number of amides is 1. The Labute approximate surface area is 207 Å². The van der Waals surface area contributed by atoms with E-state index in [1.165, 1.54) is 10.5 Å². The molecule has 1 spiro atoms. The van der Waals surface area contributed by atoms with Crippen LogP contribution < -0.4 is 10.2 Å². The number of hydrogen-bond donors (Lipinski definition) is 1. The van der Waals surface area contributed by atoms with Gasteiger partial charge in [-0.05, 0) is 52.4 Å². The fourth-order valence-electron chi connectivity index (χ4n) is 5.82. The van der Waals surface area contributed by atoms with E-state index in [1.807, 2.05) is 24.9 Å². The lowest BCUT2D eigenvalue weighted by atomic mass is 10.0. The molecule has 2 aliphatic carbocycles. The number of rotatable bonds is 6. The summed E-state index contributed by atoms with van der Waals surface area (Å²) < 4.78 is 29.3. The minimum atomic E-state index is -3.56. The number of fused-ring (bicyclic) bond motifs is 2. The second-order valence-electron chi connectivity index (χ2n) is 10.7. The summed E-state index contributed by atoms with van der Waals surface area (Å²) in [5.74, 6) is 1.53. The Balaban J connectivity index is 0.00000267. The second-order valence-corrected chi connectivity index (χ2v) is 12.6. The Kier molecular flexibility index (Phi) is 5.41. The van der Waals surface area contributed by atoms with Crippen molar-refractivity contribution < 1.29 is 14.6 Å². The van der Waals surface area contributed by atoms with E-state index in [-0.39, 0.29) is 35.8 Å². The number of aromatic nitrogens is 4. The highest BCUT2D eigenvalue weighted by atomic mass is 32.2. The molecule has 0 bridgehead atoms. The summed E-state index contributed by atoms with van der Waals surface area (Å²) >= 11 is 0.